The fourth-order valence-corrected chi connectivity index (χ4v) is 2.20. The first-order chi connectivity index (χ1) is 9.17. The quantitative estimate of drug-likeness (QED) is 0.621. The van der Waals surface area contributed by atoms with Crippen LogP contribution in [0.15, 0.2) is 34.9 Å². The van der Waals surface area contributed by atoms with E-state index in [4.69, 9.17) is 9.68 Å². The molecule has 3 aromatic rings. The molecule has 0 aliphatic carbocycles. The number of fused-ring (bicyclic) bond motifs is 1. The Kier molecular flexibility index (Phi) is 2.95. The van der Waals surface area contributed by atoms with Crippen LogP contribution >= 0.6 is 22.6 Å². The Morgan fingerprint density at radius 1 is 1.32 bits per heavy atom. The maximum atomic E-state index is 8.95. The molecule has 3 rings (SSSR count). The summed E-state index contributed by atoms with van der Waals surface area (Å²) in [6, 6.07) is 9.45. The molecular formula is C14H8IN3O. The summed E-state index contributed by atoms with van der Waals surface area (Å²) in [6.07, 6.45) is 1.76. The van der Waals surface area contributed by atoms with Crippen LogP contribution in [0.25, 0.3) is 22.7 Å². The lowest BCUT2D eigenvalue weighted by molar-refractivity contribution is 0.614. The summed E-state index contributed by atoms with van der Waals surface area (Å²) in [4.78, 5) is 8.69. The molecule has 2 aromatic heterocycles. The van der Waals surface area contributed by atoms with Gasteiger partial charge in [0.25, 0.3) is 0 Å². The number of rotatable bonds is 1. The number of nitrogens with zero attached hydrogens (tertiary/aromatic N) is 3. The Morgan fingerprint density at radius 3 is 2.84 bits per heavy atom. The molecule has 0 spiro atoms. The Bertz CT molecular complexity index is 800. The second-order valence-corrected chi connectivity index (χ2v) is 5.38. The molecule has 0 N–H and O–H groups in total. The number of aromatic nitrogens is 2. The van der Waals surface area contributed by atoms with Gasteiger partial charge < -0.3 is 4.42 Å². The molecule has 0 aliphatic rings. The largest absolute Gasteiger partial charge is 0.434 e. The average Bonchev–Trinajstić information content (AvgIpc) is 2.84. The number of hydrogen-bond acceptors (Lipinski definition) is 4. The highest BCUT2D eigenvalue weighted by Crippen LogP contribution is 2.26. The monoisotopic (exact) mass is 361 g/mol. The molecular weight excluding hydrogens is 353 g/mol. The predicted octanol–water partition coefficient (Wildman–Crippen LogP) is 3.67. The molecule has 0 amide bonds. The molecule has 1 aromatic carbocycles. The van der Waals surface area contributed by atoms with E-state index in [1.54, 1.807) is 18.3 Å². The molecule has 0 radical (unpaired) electrons. The van der Waals surface area contributed by atoms with Gasteiger partial charge in [-0.2, -0.15) is 5.26 Å². The standard InChI is InChI=1S/C14H8IN3O/c1-8-4-9(6-16)5-12-13(8)19-14(18-12)11-3-2-10(15)7-17-11/h2-5,7H,1H3. The third kappa shape index (κ3) is 2.19. The number of nitriles is 1. The van der Waals surface area contributed by atoms with E-state index < -0.39 is 0 Å². The number of benzene rings is 1. The van der Waals surface area contributed by atoms with E-state index >= 15 is 0 Å². The molecule has 19 heavy (non-hydrogen) atoms. The first kappa shape index (κ1) is 12.1. The zero-order chi connectivity index (χ0) is 13.4. The number of halogens is 1. The highest BCUT2D eigenvalue weighted by atomic mass is 127. The van der Waals surface area contributed by atoms with Crippen molar-refractivity contribution in [3.63, 3.8) is 0 Å². The van der Waals surface area contributed by atoms with Crippen LogP contribution in [0, 0.1) is 21.8 Å². The van der Waals surface area contributed by atoms with E-state index in [1.807, 2.05) is 19.1 Å². The molecule has 4 nitrogen and oxygen atoms in total. The van der Waals surface area contributed by atoms with Crippen LogP contribution in [0.5, 0.6) is 0 Å². The molecule has 0 saturated carbocycles. The first-order valence-electron chi connectivity index (χ1n) is 5.60. The number of hydrogen-bond donors (Lipinski definition) is 0. The summed E-state index contributed by atoms with van der Waals surface area (Å²) in [6.45, 7) is 1.90. The maximum absolute atomic E-state index is 8.95. The zero-order valence-corrected chi connectivity index (χ0v) is 12.2. The Hall–Kier alpha value is -1.94. The normalized spacial score (nSPS) is 10.6. The van der Waals surface area contributed by atoms with Crippen molar-refractivity contribution in [1.29, 1.82) is 5.26 Å². The van der Waals surface area contributed by atoms with Crippen molar-refractivity contribution in [1.82, 2.24) is 9.97 Å². The summed E-state index contributed by atoms with van der Waals surface area (Å²) in [5, 5.41) is 8.95. The van der Waals surface area contributed by atoms with Gasteiger partial charge in [-0.15, -0.1) is 0 Å². The summed E-state index contributed by atoms with van der Waals surface area (Å²) in [5.41, 5.74) is 3.56. The smallest absolute Gasteiger partial charge is 0.246 e. The van der Waals surface area contributed by atoms with Crippen LogP contribution in [-0.4, -0.2) is 9.97 Å². The van der Waals surface area contributed by atoms with Crippen LogP contribution in [0.4, 0.5) is 0 Å². The van der Waals surface area contributed by atoms with Gasteiger partial charge in [-0.3, -0.25) is 4.98 Å². The number of oxazole rings is 1. The van der Waals surface area contributed by atoms with Gasteiger partial charge in [-0.25, -0.2) is 4.98 Å². The van der Waals surface area contributed by atoms with E-state index in [-0.39, 0.29) is 0 Å². The van der Waals surface area contributed by atoms with Gasteiger partial charge in [-0.1, -0.05) is 0 Å². The van der Waals surface area contributed by atoms with Crippen molar-refractivity contribution in [3.8, 4) is 17.7 Å². The summed E-state index contributed by atoms with van der Waals surface area (Å²) < 4.78 is 6.79. The molecule has 2 heterocycles. The zero-order valence-electron chi connectivity index (χ0n) is 10.0. The van der Waals surface area contributed by atoms with E-state index in [1.165, 1.54) is 0 Å². The topological polar surface area (TPSA) is 62.7 Å². The van der Waals surface area contributed by atoms with E-state index in [0.717, 1.165) is 9.13 Å². The van der Waals surface area contributed by atoms with Crippen molar-refractivity contribution in [2.45, 2.75) is 6.92 Å². The summed E-state index contributed by atoms with van der Waals surface area (Å²) in [5.74, 6) is 0.476. The predicted molar refractivity (Wildman–Crippen MR) is 79.4 cm³/mol. The Morgan fingerprint density at radius 2 is 2.16 bits per heavy atom. The molecule has 0 fully saturated rings. The van der Waals surface area contributed by atoms with Crippen LogP contribution in [-0.2, 0) is 0 Å². The van der Waals surface area contributed by atoms with E-state index in [2.05, 4.69) is 38.6 Å². The Labute approximate surface area is 123 Å². The highest BCUT2D eigenvalue weighted by molar-refractivity contribution is 14.1. The van der Waals surface area contributed by atoms with Crippen LogP contribution < -0.4 is 0 Å². The molecule has 92 valence electrons. The first-order valence-corrected chi connectivity index (χ1v) is 6.68. The van der Waals surface area contributed by atoms with Gasteiger partial charge in [0.15, 0.2) is 5.58 Å². The maximum Gasteiger partial charge on any atom is 0.246 e. The lowest BCUT2D eigenvalue weighted by atomic mass is 10.1. The third-order valence-electron chi connectivity index (χ3n) is 2.75. The third-order valence-corrected chi connectivity index (χ3v) is 3.39. The minimum Gasteiger partial charge on any atom is -0.434 e. The van der Waals surface area contributed by atoms with E-state index in [0.29, 0.717) is 28.2 Å². The summed E-state index contributed by atoms with van der Waals surface area (Å²) in [7, 11) is 0. The molecule has 0 unspecified atom stereocenters. The van der Waals surface area contributed by atoms with Gasteiger partial charge in [0.2, 0.25) is 5.89 Å². The van der Waals surface area contributed by atoms with Crippen LogP contribution in [0.1, 0.15) is 11.1 Å². The minimum atomic E-state index is 0.476. The van der Waals surface area contributed by atoms with Gasteiger partial charge in [0, 0.05) is 9.77 Å². The van der Waals surface area contributed by atoms with Crippen LogP contribution in [0.2, 0.25) is 0 Å². The van der Waals surface area contributed by atoms with Crippen molar-refractivity contribution >= 4 is 33.7 Å². The molecule has 0 saturated heterocycles. The van der Waals surface area contributed by atoms with E-state index in [9.17, 15) is 0 Å². The van der Waals surface area contributed by atoms with Crippen LogP contribution in [0.3, 0.4) is 0 Å². The molecule has 5 heteroatoms. The van der Waals surface area contributed by atoms with Crippen molar-refractivity contribution < 1.29 is 4.42 Å². The lowest BCUT2D eigenvalue weighted by Crippen LogP contribution is -1.83. The molecule has 0 atom stereocenters. The van der Waals surface area contributed by atoms with Crippen molar-refractivity contribution in [2.24, 2.45) is 0 Å². The molecule has 0 aliphatic heterocycles. The SMILES string of the molecule is Cc1cc(C#N)cc2nc(-c3ccc(I)cn3)oc12. The Balaban J connectivity index is 2.19. The fourth-order valence-electron chi connectivity index (χ4n) is 1.88. The lowest BCUT2D eigenvalue weighted by Gasteiger charge is -1.94. The van der Waals surface area contributed by atoms with Crippen molar-refractivity contribution in [3.05, 3.63) is 45.2 Å². The highest BCUT2D eigenvalue weighted by Gasteiger charge is 2.12. The summed E-state index contributed by atoms with van der Waals surface area (Å²) >= 11 is 2.20. The number of pyridine rings is 1. The average molecular weight is 361 g/mol. The second-order valence-electron chi connectivity index (χ2n) is 4.13. The molecule has 0 bridgehead atoms. The number of aryl methyl sites for hydroxylation is 1. The van der Waals surface area contributed by atoms with Gasteiger partial charge in [0.1, 0.15) is 11.2 Å². The fraction of sp³-hybridized carbons (Fsp3) is 0.0714. The van der Waals surface area contributed by atoms with Gasteiger partial charge >= 0.3 is 0 Å². The van der Waals surface area contributed by atoms with Crippen molar-refractivity contribution in [2.75, 3.05) is 0 Å². The minimum absolute atomic E-state index is 0.476. The van der Waals surface area contributed by atoms with Gasteiger partial charge in [-0.05, 0) is 59.3 Å². The van der Waals surface area contributed by atoms with Gasteiger partial charge in [0.05, 0.1) is 11.6 Å². The second kappa shape index (κ2) is 4.63.